The van der Waals surface area contributed by atoms with Gasteiger partial charge in [-0.3, -0.25) is 9.59 Å². The molecule has 0 saturated carbocycles. The van der Waals surface area contributed by atoms with E-state index < -0.39 is 0 Å². The Bertz CT molecular complexity index is 812. The zero-order valence-corrected chi connectivity index (χ0v) is 13.6. The van der Waals surface area contributed by atoms with Crippen LogP contribution in [0.25, 0.3) is 0 Å². The lowest BCUT2D eigenvalue weighted by Gasteiger charge is -2.24. The highest BCUT2D eigenvalue weighted by atomic mass is 32.2. The van der Waals surface area contributed by atoms with E-state index in [1.807, 2.05) is 31.2 Å². The zero-order chi connectivity index (χ0) is 16.4. The summed E-state index contributed by atoms with van der Waals surface area (Å²) in [5, 5.41) is 3.20. The lowest BCUT2D eigenvalue weighted by Crippen LogP contribution is -2.31. The van der Waals surface area contributed by atoms with Crippen molar-refractivity contribution in [1.29, 1.82) is 0 Å². The topological polar surface area (TPSA) is 74.8 Å². The van der Waals surface area contributed by atoms with Crippen LogP contribution in [-0.2, 0) is 4.79 Å². The van der Waals surface area contributed by atoms with Crippen molar-refractivity contribution in [2.45, 2.75) is 24.4 Å². The summed E-state index contributed by atoms with van der Waals surface area (Å²) < 4.78 is 0. The monoisotopic (exact) mass is 327 g/mol. The van der Waals surface area contributed by atoms with Crippen molar-refractivity contribution in [2.24, 2.45) is 0 Å². The van der Waals surface area contributed by atoms with Crippen LogP contribution in [-0.4, -0.2) is 21.6 Å². The fourth-order valence-electron chi connectivity index (χ4n) is 2.64. The lowest BCUT2D eigenvalue weighted by molar-refractivity contribution is -0.116. The van der Waals surface area contributed by atoms with Gasteiger partial charge in [0.2, 0.25) is 5.91 Å². The van der Waals surface area contributed by atoms with Crippen LogP contribution in [0.2, 0.25) is 0 Å². The molecule has 0 saturated heterocycles. The van der Waals surface area contributed by atoms with Crippen LogP contribution in [0.15, 0.2) is 46.9 Å². The Morgan fingerprint density at radius 1 is 1.35 bits per heavy atom. The van der Waals surface area contributed by atoms with E-state index in [-0.39, 0.29) is 23.8 Å². The number of aryl methyl sites for hydroxylation is 1. The number of nitrogens with zero attached hydrogens (tertiary/aromatic N) is 1. The third-order valence-electron chi connectivity index (χ3n) is 3.75. The normalized spacial score (nSPS) is 16.6. The summed E-state index contributed by atoms with van der Waals surface area (Å²) in [4.78, 5) is 31.7. The maximum atomic E-state index is 12.5. The molecule has 118 valence electrons. The number of fused-ring (bicyclic) bond motifs is 1. The number of carbonyl (C=O) groups is 1. The van der Waals surface area contributed by atoms with Crippen LogP contribution in [0.1, 0.15) is 29.0 Å². The van der Waals surface area contributed by atoms with Gasteiger partial charge in [-0.15, -0.1) is 6.58 Å². The first-order chi connectivity index (χ1) is 11.1. The summed E-state index contributed by atoms with van der Waals surface area (Å²) >= 11 is 1.37. The number of H-pyrrole nitrogens is 1. The SMILES string of the molecule is C=CCSc1nc2c(c(=O)[nH]1)C(c1ccc(C)cc1)CC(=O)N2. The maximum Gasteiger partial charge on any atom is 0.257 e. The first-order valence-electron chi connectivity index (χ1n) is 7.33. The maximum absolute atomic E-state index is 12.5. The van der Waals surface area contributed by atoms with Crippen molar-refractivity contribution in [3.63, 3.8) is 0 Å². The van der Waals surface area contributed by atoms with E-state index in [4.69, 9.17) is 0 Å². The molecule has 0 fully saturated rings. The Labute approximate surface area is 138 Å². The predicted molar refractivity (Wildman–Crippen MR) is 92.0 cm³/mol. The van der Waals surface area contributed by atoms with Crippen LogP contribution >= 0.6 is 11.8 Å². The van der Waals surface area contributed by atoms with Crippen molar-refractivity contribution in [2.75, 3.05) is 11.1 Å². The molecule has 2 aromatic rings. The average molecular weight is 327 g/mol. The number of benzene rings is 1. The molecule has 3 rings (SSSR count). The van der Waals surface area contributed by atoms with Gasteiger partial charge in [-0.25, -0.2) is 4.98 Å². The predicted octanol–water partition coefficient (Wildman–Crippen LogP) is 2.83. The number of carbonyl (C=O) groups excluding carboxylic acids is 1. The number of anilines is 1. The molecule has 0 bridgehead atoms. The van der Waals surface area contributed by atoms with Gasteiger partial charge in [-0.05, 0) is 12.5 Å². The van der Waals surface area contributed by atoms with Crippen molar-refractivity contribution in [1.82, 2.24) is 9.97 Å². The number of nitrogens with one attached hydrogen (secondary N) is 2. The highest BCUT2D eigenvalue weighted by molar-refractivity contribution is 7.99. The number of amides is 1. The number of hydrogen-bond acceptors (Lipinski definition) is 4. The number of hydrogen-bond donors (Lipinski definition) is 2. The van der Waals surface area contributed by atoms with E-state index in [1.54, 1.807) is 6.08 Å². The number of thioether (sulfide) groups is 1. The molecule has 6 heteroatoms. The van der Waals surface area contributed by atoms with Gasteiger partial charge in [-0.2, -0.15) is 0 Å². The van der Waals surface area contributed by atoms with E-state index in [0.29, 0.717) is 22.3 Å². The smallest absolute Gasteiger partial charge is 0.257 e. The molecule has 1 aliphatic rings. The van der Waals surface area contributed by atoms with E-state index in [1.165, 1.54) is 11.8 Å². The molecule has 2 N–H and O–H groups in total. The van der Waals surface area contributed by atoms with Gasteiger partial charge >= 0.3 is 0 Å². The molecule has 5 nitrogen and oxygen atoms in total. The Hall–Kier alpha value is -2.34. The summed E-state index contributed by atoms with van der Waals surface area (Å²) in [5.41, 5.74) is 2.41. The molecule has 1 aromatic heterocycles. The lowest BCUT2D eigenvalue weighted by atomic mass is 9.86. The molecule has 1 unspecified atom stereocenters. The molecule has 2 heterocycles. The number of aromatic nitrogens is 2. The van der Waals surface area contributed by atoms with Crippen molar-refractivity contribution in [3.8, 4) is 0 Å². The molecular formula is C17H17N3O2S. The molecule has 0 spiro atoms. The highest BCUT2D eigenvalue weighted by Gasteiger charge is 2.30. The third kappa shape index (κ3) is 3.22. The van der Waals surface area contributed by atoms with Gasteiger partial charge in [0.1, 0.15) is 5.82 Å². The molecule has 0 aliphatic carbocycles. The second-order valence-corrected chi connectivity index (χ2v) is 6.46. The quantitative estimate of drug-likeness (QED) is 0.514. The van der Waals surface area contributed by atoms with E-state index in [9.17, 15) is 9.59 Å². The Balaban J connectivity index is 2.06. The first-order valence-corrected chi connectivity index (χ1v) is 8.31. The minimum absolute atomic E-state index is 0.124. The van der Waals surface area contributed by atoms with E-state index in [2.05, 4.69) is 21.9 Å². The number of rotatable bonds is 4. The van der Waals surface area contributed by atoms with Gasteiger partial charge in [-0.1, -0.05) is 47.7 Å². The minimum Gasteiger partial charge on any atom is -0.310 e. The largest absolute Gasteiger partial charge is 0.310 e. The Morgan fingerprint density at radius 3 is 2.78 bits per heavy atom. The molecule has 0 radical (unpaired) electrons. The summed E-state index contributed by atoms with van der Waals surface area (Å²) in [7, 11) is 0. The fourth-order valence-corrected chi connectivity index (χ4v) is 3.24. The summed E-state index contributed by atoms with van der Waals surface area (Å²) in [6.45, 7) is 5.65. The molecule has 1 amide bonds. The van der Waals surface area contributed by atoms with Gasteiger partial charge < -0.3 is 10.3 Å². The van der Waals surface area contributed by atoms with Crippen molar-refractivity contribution >= 4 is 23.5 Å². The Kier molecular flexibility index (Phi) is 4.34. The number of aromatic amines is 1. The van der Waals surface area contributed by atoms with Crippen LogP contribution in [0, 0.1) is 6.92 Å². The minimum atomic E-state index is -0.269. The van der Waals surface area contributed by atoms with Crippen molar-refractivity contribution in [3.05, 3.63) is 64.0 Å². The highest BCUT2D eigenvalue weighted by Crippen LogP contribution is 2.34. The van der Waals surface area contributed by atoms with E-state index >= 15 is 0 Å². The molecule has 1 aromatic carbocycles. The summed E-state index contributed by atoms with van der Waals surface area (Å²) in [6, 6.07) is 7.89. The van der Waals surface area contributed by atoms with Crippen LogP contribution < -0.4 is 10.9 Å². The van der Waals surface area contributed by atoms with Gasteiger partial charge in [0.05, 0.1) is 5.56 Å². The Morgan fingerprint density at radius 2 is 2.09 bits per heavy atom. The van der Waals surface area contributed by atoms with Gasteiger partial charge in [0.25, 0.3) is 5.56 Å². The van der Waals surface area contributed by atoms with E-state index in [0.717, 1.165) is 11.1 Å². The fraction of sp³-hybridized carbons (Fsp3) is 0.235. The van der Waals surface area contributed by atoms with Crippen molar-refractivity contribution < 1.29 is 4.79 Å². The van der Waals surface area contributed by atoms with Gasteiger partial charge in [0.15, 0.2) is 5.16 Å². The molecular weight excluding hydrogens is 310 g/mol. The van der Waals surface area contributed by atoms with Crippen LogP contribution in [0.3, 0.4) is 0 Å². The standard InChI is InChI=1S/C17H17N3O2S/c1-3-8-23-17-19-15-14(16(22)20-17)12(9-13(21)18-15)11-6-4-10(2)5-7-11/h3-7,12H,1,8-9H2,2H3,(H2,18,19,20,21,22). The van der Waals surface area contributed by atoms with Crippen LogP contribution in [0.4, 0.5) is 5.82 Å². The summed E-state index contributed by atoms with van der Waals surface area (Å²) in [5.74, 6) is 0.605. The second-order valence-electron chi connectivity index (χ2n) is 5.45. The second kappa shape index (κ2) is 6.42. The first kappa shape index (κ1) is 15.6. The third-order valence-corrected chi connectivity index (χ3v) is 4.62. The molecule has 1 atom stereocenters. The van der Waals surface area contributed by atoms with Gasteiger partial charge in [0, 0.05) is 18.1 Å². The average Bonchev–Trinajstić information content (AvgIpc) is 2.52. The summed E-state index contributed by atoms with van der Waals surface area (Å²) in [6.07, 6.45) is 1.98. The van der Waals surface area contributed by atoms with Crippen LogP contribution in [0.5, 0.6) is 0 Å². The molecule has 23 heavy (non-hydrogen) atoms. The zero-order valence-electron chi connectivity index (χ0n) is 12.8. The molecule has 1 aliphatic heterocycles.